The molecule has 0 amide bonds. The molecule has 0 aliphatic carbocycles. The Morgan fingerprint density at radius 3 is 2.80 bits per heavy atom. The van der Waals surface area contributed by atoms with Gasteiger partial charge in [0, 0.05) is 13.1 Å². The predicted octanol–water partition coefficient (Wildman–Crippen LogP) is 2.62. The number of hydrogen-bond acceptors (Lipinski definition) is 3. The van der Waals surface area contributed by atoms with Crippen LogP contribution in [0.25, 0.3) is 0 Å². The van der Waals surface area contributed by atoms with Gasteiger partial charge in [-0.3, -0.25) is 4.90 Å². The molecule has 1 aromatic rings. The summed E-state index contributed by atoms with van der Waals surface area (Å²) in [7, 11) is 2.00. The zero-order valence-electron chi connectivity index (χ0n) is 13.1. The van der Waals surface area contributed by atoms with Crippen molar-refractivity contribution in [1.29, 1.82) is 0 Å². The lowest BCUT2D eigenvalue weighted by Crippen LogP contribution is -2.49. The molecular formula is C17H28N2O. The van der Waals surface area contributed by atoms with Gasteiger partial charge < -0.3 is 10.1 Å². The van der Waals surface area contributed by atoms with Crippen LogP contribution in [0.4, 0.5) is 0 Å². The third-order valence-electron chi connectivity index (χ3n) is 4.13. The van der Waals surface area contributed by atoms with Crippen LogP contribution in [0.5, 0.6) is 0 Å². The van der Waals surface area contributed by atoms with E-state index in [9.17, 15) is 0 Å². The molecule has 3 heteroatoms. The molecule has 20 heavy (non-hydrogen) atoms. The smallest absolute Gasteiger partial charge is 0.0896 e. The first-order valence-electron chi connectivity index (χ1n) is 7.89. The zero-order valence-corrected chi connectivity index (χ0v) is 13.1. The van der Waals surface area contributed by atoms with Gasteiger partial charge in [-0.05, 0) is 37.6 Å². The molecule has 0 bridgehead atoms. The van der Waals surface area contributed by atoms with Crippen LogP contribution in [0.3, 0.4) is 0 Å². The molecule has 1 aromatic carbocycles. The van der Waals surface area contributed by atoms with Gasteiger partial charge in [0.05, 0.1) is 18.8 Å². The number of aryl methyl sites for hydroxylation is 1. The van der Waals surface area contributed by atoms with Crippen molar-refractivity contribution in [2.24, 2.45) is 0 Å². The molecule has 1 heterocycles. The largest absolute Gasteiger partial charge is 0.374 e. The van der Waals surface area contributed by atoms with Gasteiger partial charge in [-0.1, -0.05) is 38.1 Å². The molecule has 3 nitrogen and oxygen atoms in total. The minimum absolute atomic E-state index is 0.244. The molecule has 0 spiro atoms. The van der Waals surface area contributed by atoms with Gasteiger partial charge in [0.2, 0.25) is 0 Å². The van der Waals surface area contributed by atoms with Gasteiger partial charge in [-0.25, -0.2) is 0 Å². The highest BCUT2D eigenvalue weighted by atomic mass is 16.5. The van der Waals surface area contributed by atoms with Gasteiger partial charge in [0.1, 0.15) is 0 Å². The van der Waals surface area contributed by atoms with Gasteiger partial charge in [-0.2, -0.15) is 0 Å². The minimum Gasteiger partial charge on any atom is -0.374 e. The third kappa shape index (κ3) is 3.40. The number of hydrogen-bond donors (Lipinski definition) is 1. The lowest BCUT2D eigenvalue weighted by atomic mass is 9.92. The van der Waals surface area contributed by atoms with Crippen molar-refractivity contribution in [3.8, 4) is 0 Å². The van der Waals surface area contributed by atoms with Crippen molar-refractivity contribution in [2.45, 2.75) is 38.8 Å². The maximum atomic E-state index is 6.06. The number of ether oxygens (including phenoxy) is 1. The lowest BCUT2D eigenvalue weighted by molar-refractivity contribution is -0.0706. The molecule has 1 saturated heterocycles. The van der Waals surface area contributed by atoms with E-state index in [2.05, 4.69) is 48.3 Å². The van der Waals surface area contributed by atoms with E-state index in [1.165, 1.54) is 17.5 Å². The van der Waals surface area contributed by atoms with E-state index in [1.807, 2.05) is 7.05 Å². The van der Waals surface area contributed by atoms with Crippen molar-refractivity contribution in [2.75, 3.05) is 33.3 Å². The highest BCUT2D eigenvalue weighted by molar-refractivity contribution is 5.31. The minimum atomic E-state index is 0.244. The normalized spacial score (nSPS) is 23.9. The Morgan fingerprint density at radius 2 is 2.10 bits per heavy atom. The second-order valence-corrected chi connectivity index (χ2v) is 5.50. The zero-order chi connectivity index (χ0) is 14.4. The Balaban J connectivity index is 2.32. The van der Waals surface area contributed by atoms with Gasteiger partial charge in [0.15, 0.2) is 0 Å². The first kappa shape index (κ1) is 15.5. The number of morpholine rings is 1. The first-order valence-corrected chi connectivity index (χ1v) is 7.89. The summed E-state index contributed by atoms with van der Waals surface area (Å²) in [4.78, 5) is 2.60. The maximum absolute atomic E-state index is 6.06. The number of nitrogens with one attached hydrogen (secondary N) is 1. The summed E-state index contributed by atoms with van der Waals surface area (Å²) >= 11 is 0. The average Bonchev–Trinajstić information content (AvgIpc) is 2.48. The molecule has 2 rings (SSSR count). The summed E-state index contributed by atoms with van der Waals surface area (Å²) in [5, 5.41) is 3.29. The van der Waals surface area contributed by atoms with Crippen molar-refractivity contribution >= 4 is 0 Å². The van der Waals surface area contributed by atoms with Crippen LogP contribution >= 0.6 is 0 Å². The molecule has 2 atom stereocenters. The Morgan fingerprint density at radius 1 is 1.30 bits per heavy atom. The molecule has 0 saturated carbocycles. The third-order valence-corrected chi connectivity index (χ3v) is 4.13. The number of rotatable bonds is 6. The number of benzene rings is 1. The summed E-state index contributed by atoms with van der Waals surface area (Å²) < 4.78 is 6.06. The quantitative estimate of drug-likeness (QED) is 0.864. The fourth-order valence-corrected chi connectivity index (χ4v) is 3.24. The monoisotopic (exact) mass is 276 g/mol. The van der Waals surface area contributed by atoms with Crippen LogP contribution in [0.1, 0.15) is 37.4 Å². The highest BCUT2D eigenvalue weighted by Gasteiger charge is 2.33. The van der Waals surface area contributed by atoms with Crippen LogP contribution in [-0.2, 0) is 11.2 Å². The van der Waals surface area contributed by atoms with Crippen molar-refractivity contribution in [3.63, 3.8) is 0 Å². The Kier molecular flexibility index (Phi) is 6.02. The molecule has 1 N–H and O–H groups in total. The van der Waals surface area contributed by atoms with E-state index in [0.717, 1.165) is 32.7 Å². The van der Waals surface area contributed by atoms with E-state index in [-0.39, 0.29) is 6.10 Å². The molecule has 0 radical (unpaired) electrons. The summed E-state index contributed by atoms with van der Waals surface area (Å²) in [5.41, 5.74) is 2.90. The van der Waals surface area contributed by atoms with E-state index in [4.69, 9.17) is 4.74 Å². The highest BCUT2D eigenvalue weighted by Crippen LogP contribution is 2.32. The van der Waals surface area contributed by atoms with E-state index < -0.39 is 0 Å². The van der Waals surface area contributed by atoms with Crippen molar-refractivity contribution in [3.05, 3.63) is 35.4 Å². The maximum Gasteiger partial charge on any atom is 0.0896 e. The van der Waals surface area contributed by atoms with E-state index in [1.54, 1.807) is 0 Å². The topological polar surface area (TPSA) is 24.5 Å². The van der Waals surface area contributed by atoms with E-state index in [0.29, 0.717) is 6.04 Å². The summed E-state index contributed by atoms with van der Waals surface area (Å²) in [6.07, 6.45) is 2.52. The van der Waals surface area contributed by atoms with Crippen molar-refractivity contribution in [1.82, 2.24) is 10.2 Å². The molecule has 1 aliphatic rings. The van der Waals surface area contributed by atoms with Crippen molar-refractivity contribution < 1.29 is 4.74 Å². The fraction of sp³-hybridized carbons (Fsp3) is 0.647. The lowest BCUT2D eigenvalue weighted by Gasteiger charge is -2.42. The van der Waals surface area contributed by atoms with Crippen LogP contribution < -0.4 is 5.32 Å². The Bertz CT molecular complexity index is 390. The standard InChI is InChI=1S/C17H28N2O/c1-4-10-19-11-12-20-16(13-18-3)17(19)15-9-7-6-8-14(15)5-2/h6-9,16-18H,4-5,10-13H2,1-3H3. The van der Waals surface area contributed by atoms with Gasteiger partial charge >= 0.3 is 0 Å². The SMILES string of the molecule is CCCN1CCOC(CNC)C1c1ccccc1CC. The Hall–Kier alpha value is -0.900. The summed E-state index contributed by atoms with van der Waals surface area (Å²) in [6, 6.07) is 9.22. The first-order chi connectivity index (χ1) is 9.81. The second-order valence-electron chi connectivity index (χ2n) is 5.50. The summed E-state index contributed by atoms with van der Waals surface area (Å²) in [6.45, 7) is 8.42. The number of likely N-dealkylation sites (N-methyl/N-ethyl adjacent to an activating group) is 1. The van der Waals surface area contributed by atoms with Crippen LogP contribution in [-0.4, -0.2) is 44.3 Å². The molecule has 112 valence electrons. The molecular weight excluding hydrogens is 248 g/mol. The molecule has 0 aromatic heterocycles. The Labute approximate surface area is 123 Å². The summed E-state index contributed by atoms with van der Waals surface area (Å²) in [5.74, 6) is 0. The van der Waals surface area contributed by atoms with Crippen LogP contribution in [0.15, 0.2) is 24.3 Å². The van der Waals surface area contributed by atoms with E-state index >= 15 is 0 Å². The fourth-order valence-electron chi connectivity index (χ4n) is 3.24. The van der Waals surface area contributed by atoms with Gasteiger partial charge in [0.25, 0.3) is 0 Å². The molecule has 1 aliphatic heterocycles. The van der Waals surface area contributed by atoms with Crippen LogP contribution in [0.2, 0.25) is 0 Å². The molecule has 1 fully saturated rings. The van der Waals surface area contributed by atoms with Gasteiger partial charge in [-0.15, -0.1) is 0 Å². The predicted molar refractivity (Wildman–Crippen MR) is 84.1 cm³/mol. The second kappa shape index (κ2) is 7.77. The van der Waals surface area contributed by atoms with Crippen LogP contribution in [0, 0.1) is 0 Å². The average molecular weight is 276 g/mol. The number of nitrogens with zero attached hydrogens (tertiary/aromatic N) is 1. The molecule has 2 unspecified atom stereocenters.